The van der Waals surface area contributed by atoms with Crippen molar-refractivity contribution in [3.05, 3.63) is 36.2 Å². The van der Waals surface area contributed by atoms with E-state index in [1.807, 2.05) is 0 Å². The number of hydrogen-bond donors (Lipinski definition) is 3. The minimum absolute atomic E-state index is 0.185. The van der Waals surface area contributed by atoms with Crippen LogP contribution in [0, 0.1) is 0 Å². The van der Waals surface area contributed by atoms with E-state index in [4.69, 9.17) is 16.2 Å². The number of carbonyl (C=O) groups excluding carboxylic acids is 2. The number of primary amides is 2. The van der Waals surface area contributed by atoms with Gasteiger partial charge in [0.15, 0.2) is 0 Å². The fourth-order valence-corrected chi connectivity index (χ4v) is 1.64. The summed E-state index contributed by atoms with van der Waals surface area (Å²) >= 11 is 0. The predicted molar refractivity (Wildman–Crippen MR) is 77.0 cm³/mol. The highest BCUT2D eigenvalue weighted by atomic mass is 16.6. The molecule has 22 heavy (non-hydrogen) atoms. The van der Waals surface area contributed by atoms with Gasteiger partial charge in [-0.3, -0.25) is 4.79 Å². The lowest BCUT2D eigenvalue weighted by Gasteiger charge is -2.11. The lowest BCUT2D eigenvalue weighted by Crippen LogP contribution is -2.20. The normalized spacial score (nSPS) is 9.86. The molecule has 1 aromatic heterocycles. The van der Waals surface area contributed by atoms with Crippen molar-refractivity contribution < 1.29 is 19.1 Å². The molecule has 0 atom stereocenters. The molecule has 1 aromatic carbocycles. The van der Waals surface area contributed by atoms with Crippen molar-refractivity contribution in [2.75, 3.05) is 12.4 Å². The van der Waals surface area contributed by atoms with Gasteiger partial charge in [0, 0.05) is 6.07 Å². The van der Waals surface area contributed by atoms with Crippen LogP contribution in [0.1, 0.15) is 10.6 Å². The van der Waals surface area contributed by atoms with E-state index in [1.165, 1.54) is 13.2 Å². The van der Waals surface area contributed by atoms with Crippen molar-refractivity contribution >= 4 is 23.5 Å². The molecule has 0 saturated heterocycles. The number of carbonyl (C=O) groups is 2. The molecule has 0 radical (unpaired) electrons. The van der Waals surface area contributed by atoms with Gasteiger partial charge in [0.05, 0.1) is 12.8 Å². The largest absolute Gasteiger partial charge is 0.495 e. The number of nitrogens with two attached hydrogens (primary N) is 2. The molecule has 0 saturated carbocycles. The van der Waals surface area contributed by atoms with E-state index in [2.05, 4.69) is 20.0 Å². The van der Waals surface area contributed by atoms with Gasteiger partial charge in [0.2, 0.25) is 11.7 Å². The summed E-state index contributed by atoms with van der Waals surface area (Å²) in [7, 11) is 1.51. The standard InChI is InChI=1S/C13H13N5O4/c1-21-8-5-3-2-4-7(8)16-9-6-10(22-13(15)20)18-12(17-9)11(14)19/h2-6H,1H3,(H2,14,19)(H2,15,20)(H,16,17,18). The number of ether oxygens (including phenoxy) is 2. The number of hydrogen-bond acceptors (Lipinski definition) is 7. The van der Waals surface area contributed by atoms with Gasteiger partial charge >= 0.3 is 6.09 Å². The number of nitrogens with one attached hydrogen (secondary N) is 1. The van der Waals surface area contributed by atoms with E-state index in [-0.39, 0.29) is 17.5 Å². The first-order valence-corrected chi connectivity index (χ1v) is 6.06. The number of nitrogens with zero attached hydrogens (tertiary/aromatic N) is 2. The average Bonchev–Trinajstić information content (AvgIpc) is 2.46. The summed E-state index contributed by atoms with van der Waals surface area (Å²) in [6.45, 7) is 0. The van der Waals surface area contributed by atoms with Gasteiger partial charge < -0.3 is 26.3 Å². The third kappa shape index (κ3) is 3.60. The van der Waals surface area contributed by atoms with Crippen LogP contribution in [0.25, 0.3) is 0 Å². The molecule has 0 unspecified atom stereocenters. The predicted octanol–water partition coefficient (Wildman–Crippen LogP) is 0.785. The van der Waals surface area contributed by atoms with Crippen LogP contribution < -0.4 is 26.3 Å². The highest BCUT2D eigenvalue weighted by Crippen LogP contribution is 2.27. The second-order valence-electron chi connectivity index (χ2n) is 4.03. The van der Waals surface area contributed by atoms with Crippen molar-refractivity contribution in [3.8, 4) is 11.6 Å². The number of para-hydroxylation sites is 2. The summed E-state index contributed by atoms with van der Waals surface area (Å²) in [5, 5.41) is 2.92. The second kappa shape index (κ2) is 6.39. The van der Waals surface area contributed by atoms with Crippen LogP contribution in [0.4, 0.5) is 16.3 Å². The molecule has 2 rings (SSSR count). The quantitative estimate of drug-likeness (QED) is 0.740. The summed E-state index contributed by atoms with van der Waals surface area (Å²) in [4.78, 5) is 29.6. The van der Waals surface area contributed by atoms with Crippen molar-refractivity contribution in [1.29, 1.82) is 0 Å². The molecule has 9 nitrogen and oxygen atoms in total. The van der Waals surface area contributed by atoms with E-state index < -0.39 is 12.0 Å². The van der Waals surface area contributed by atoms with E-state index in [1.54, 1.807) is 24.3 Å². The maximum Gasteiger partial charge on any atom is 0.411 e. The molecule has 0 aliphatic carbocycles. The summed E-state index contributed by atoms with van der Waals surface area (Å²) < 4.78 is 9.84. The maximum absolute atomic E-state index is 11.2. The molecule has 9 heteroatoms. The monoisotopic (exact) mass is 303 g/mol. The summed E-state index contributed by atoms with van der Waals surface area (Å²) in [5.74, 6) is -0.661. The van der Waals surface area contributed by atoms with Crippen LogP contribution in [0.2, 0.25) is 0 Å². The summed E-state index contributed by atoms with van der Waals surface area (Å²) in [5.41, 5.74) is 10.7. The molecule has 114 valence electrons. The Hall–Kier alpha value is -3.36. The number of rotatable bonds is 5. The SMILES string of the molecule is COc1ccccc1Nc1cc(OC(N)=O)nc(C(N)=O)n1. The number of benzene rings is 1. The highest BCUT2D eigenvalue weighted by molar-refractivity contribution is 5.89. The molecule has 0 spiro atoms. The fraction of sp³-hybridized carbons (Fsp3) is 0.0769. The Kier molecular flexibility index (Phi) is 4.37. The van der Waals surface area contributed by atoms with Crippen molar-refractivity contribution in [1.82, 2.24) is 9.97 Å². The number of aromatic nitrogens is 2. The molecule has 2 amide bonds. The van der Waals surface area contributed by atoms with E-state index >= 15 is 0 Å². The Morgan fingerprint density at radius 2 is 1.91 bits per heavy atom. The van der Waals surface area contributed by atoms with E-state index in [9.17, 15) is 9.59 Å². The zero-order valence-electron chi connectivity index (χ0n) is 11.6. The number of methoxy groups -OCH3 is 1. The average molecular weight is 303 g/mol. The maximum atomic E-state index is 11.2. The third-order valence-electron chi connectivity index (χ3n) is 2.50. The molecule has 0 aliphatic heterocycles. The zero-order chi connectivity index (χ0) is 16.1. The van der Waals surface area contributed by atoms with Gasteiger partial charge in [-0.25, -0.2) is 9.78 Å². The van der Waals surface area contributed by atoms with Gasteiger partial charge in [0.25, 0.3) is 5.91 Å². The van der Waals surface area contributed by atoms with Crippen LogP contribution in [0.3, 0.4) is 0 Å². The molecular weight excluding hydrogens is 290 g/mol. The van der Waals surface area contributed by atoms with Crippen LogP contribution in [0.5, 0.6) is 11.6 Å². The first-order chi connectivity index (χ1) is 10.5. The fourth-order valence-electron chi connectivity index (χ4n) is 1.64. The Morgan fingerprint density at radius 3 is 2.55 bits per heavy atom. The summed E-state index contributed by atoms with van der Waals surface area (Å²) in [6, 6.07) is 8.34. The van der Waals surface area contributed by atoms with Gasteiger partial charge in [-0.05, 0) is 12.1 Å². The first-order valence-electron chi connectivity index (χ1n) is 6.06. The van der Waals surface area contributed by atoms with Crippen molar-refractivity contribution in [3.63, 3.8) is 0 Å². The first kappa shape index (κ1) is 15.0. The molecule has 0 fully saturated rings. The van der Waals surface area contributed by atoms with Crippen molar-refractivity contribution in [2.45, 2.75) is 0 Å². The molecular formula is C13H13N5O4. The van der Waals surface area contributed by atoms with Crippen LogP contribution >= 0.6 is 0 Å². The van der Waals surface area contributed by atoms with E-state index in [0.717, 1.165) is 0 Å². The van der Waals surface area contributed by atoms with Gasteiger partial charge in [-0.15, -0.1) is 0 Å². The van der Waals surface area contributed by atoms with Gasteiger partial charge in [-0.2, -0.15) is 4.98 Å². The van der Waals surface area contributed by atoms with Crippen LogP contribution in [-0.4, -0.2) is 29.1 Å². The topological polar surface area (TPSA) is 142 Å². The molecule has 2 aromatic rings. The second-order valence-corrected chi connectivity index (χ2v) is 4.03. The number of anilines is 2. The lowest BCUT2D eigenvalue weighted by molar-refractivity contribution is 0.0989. The molecule has 0 aliphatic rings. The molecule has 5 N–H and O–H groups in total. The Labute approximate surface area is 125 Å². The van der Waals surface area contributed by atoms with E-state index in [0.29, 0.717) is 11.4 Å². The van der Waals surface area contributed by atoms with Gasteiger partial charge in [0.1, 0.15) is 11.6 Å². The van der Waals surface area contributed by atoms with Crippen molar-refractivity contribution in [2.24, 2.45) is 11.5 Å². The smallest absolute Gasteiger partial charge is 0.411 e. The Bertz CT molecular complexity index is 719. The Morgan fingerprint density at radius 1 is 1.18 bits per heavy atom. The Balaban J connectivity index is 2.39. The molecule has 0 bridgehead atoms. The van der Waals surface area contributed by atoms with Gasteiger partial charge in [-0.1, -0.05) is 12.1 Å². The van der Waals surface area contributed by atoms with Crippen LogP contribution in [0.15, 0.2) is 30.3 Å². The minimum atomic E-state index is -1.07. The molecule has 1 heterocycles. The zero-order valence-corrected chi connectivity index (χ0v) is 11.6. The number of amides is 2. The van der Waals surface area contributed by atoms with Crippen LogP contribution in [-0.2, 0) is 0 Å². The minimum Gasteiger partial charge on any atom is -0.495 e. The lowest BCUT2D eigenvalue weighted by atomic mass is 10.3. The third-order valence-corrected chi connectivity index (χ3v) is 2.50. The summed E-state index contributed by atoms with van der Waals surface area (Å²) in [6.07, 6.45) is -1.07. The highest BCUT2D eigenvalue weighted by Gasteiger charge is 2.13.